The Kier molecular flexibility index (Phi) is 3.01. The van der Waals surface area contributed by atoms with Crippen molar-refractivity contribution in [1.29, 1.82) is 0 Å². The molecule has 2 aliphatic rings. The second kappa shape index (κ2) is 4.68. The molecule has 100 valence electrons. The average molecular weight is 258 g/mol. The lowest BCUT2D eigenvalue weighted by molar-refractivity contribution is -0.139. The molecule has 3 rings (SSSR count). The number of imide groups is 1. The van der Waals surface area contributed by atoms with Crippen molar-refractivity contribution in [1.82, 2.24) is 4.90 Å². The Morgan fingerprint density at radius 1 is 1.32 bits per heavy atom. The van der Waals surface area contributed by atoms with Gasteiger partial charge in [0.1, 0.15) is 0 Å². The summed E-state index contributed by atoms with van der Waals surface area (Å²) in [7, 11) is 0. The Morgan fingerprint density at radius 3 is 2.84 bits per heavy atom. The summed E-state index contributed by atoms with van der Waals surface area (Å²) in [6, 6.07) is 8.25. The maximum atomic E-state index is 11.9. The fraction of sp³-hybridized carbons (Fsp3) is 0.467. The maximum Gasteiger partial charge on any atom is 0.232 e. The van der Waals surface area contributed by atoms with Crippen LogP contribution in [-0.2, 0) is 9.59 Å². The molecule has 2 heterocycles. The summed E-state index contributed by atoms with van der Waals surface area (Å²) < 4.78 is 0. The summed E-state index contributed by atoms with van der Waals surface area (Å²) in [5.41, 5.74) is 2.48. The van der Waals surface area contributed by atoms with Crippen molar-refractivity contribution >= 4 is 17.5 Å². The van der Waals surface area contributed by atoms with Crippen molar-refractivity contribution in [3.05, 3.63) is 29.8 Å². The molecule has 4 heteroatoms. The number of amides is 2. The number of fused-ring (bicyclic) bond motifs is 1. The Bertz CT molecular complexity index is 527. The van der Waals surface area contributed by atoms with Gasteiger partial charge in [-0.25, -0.2) is 0 Å². The number of rotatable bonds is 3. The van der Waals surface area contributed by atoms with Gasteiger partial charge in [-0.2, -0.15) is 0 Å². The molecule has 19 heavy (non-hydrogen) atoms. The number of carbonyl (C=O) groups is 2. The Morgan fingerprint density at radius 2 is 2.11 bits per heavy atom. The molecule has 0 aromatic heterocycles. The summed E-state index contributed by atoms with van der Waals surface area (Å²) in [6.07, 6.45) is 1.21. The van der Waals surface area contributed by atoms with E-state index in [4.69, 9.17) is 0 Å². The minimum Gasteiger partial charge on any atom is -0.384 e. The zero-order valence-electron chi connectivity index (χ0n) is 11.1. The topological polar surface area (TPSA) is 49.4 Å². The van der Waals surface area contributed by atoms with E-state index in [1.165, 1.54) is 16.2 Å². The van der Waals surface area contributed by atoms with Gasteiger partial charge in [0.2, 0.25) is 11.8 Å². The summed E-state index contributed by atoms with van der Waals surface area (Å²) >= 11 is 0. The van der Waals surface area contributed by atoms with Crippen LogP contribution in [0.4, 0.5) is 5.69 Å². The predicted molar refractivity (Wildman–Crippen MR) is 72.8 cm³/mol. The average Bonchev–Trinajstić information content (AvgIpc) is 2.91. The number of carbonyl (C=O) groups excluding carboxylic acids is 2. The molecule has 0 radical (unpaired) electrons. The fourth-order valence-electron chi connectivity index (χ4n) is 2.98. The number of nitrogens with zero attached hydrogens (tertiary/aromatic N) is 1. The lowest BCUT2D eigenvalue weighted by Crippen LogP contribution is -2.32. The van der Waals surface area contributed by atoms with E-state index >= 15 is 0 Å². The molecular formula is C15H18N2O2. The number of anilines is 1. The van der Waals surface area contributed by atoms with Crippen molar-refractivity contribution in [2.75, 3.05) is 18.4 Å². The standard InChI is InChI=1S/C15H18N2O2/c1-10-8-14(18)17(15(10)19)7-6-11-9-16-13-5-3-2-4-12(11)13/h2-5,10-11,16H,6-9H2,1H3. The van der Waals surface area contributed by atoms with Crippen LogP contribution >= 0.6 is 0 Å². The van der Waals surface area contributed by atoms with Gasteiger partial charge in [0, 0.05) is 37.0 Å². The van der Waals surface area contributed by atoms with E-state index in [0.29, 0.717) is 18.9 Å². The SMILES string of the molecule is CC1CC(=O)N(CCC2CNc3ccccc32)C1=O. The lowest BCUT2D eigenvalue weighted by Gasteiger charge is -2.17. The number of hydrogen-bond donors (Lipinski definition) is 1. The van der Waals surface area contributed by atoms with E-state index in [1.54, 1.807) is 0 Å². The minimum absolute atomic E-state index is 0.00996. The molecule has 2 aliphatic heterocycles. The normalized spacial score (nSPS) is 25.6. The van der Waals surface area contributed by atoms with Crippen LogP contribution in [0.3, 0.4) is 0 Å². The summed E-state index contributed by atoms with van der Waals surface area (Å²) in [5.74, 6) is 0.232. The molecule has 4 nitrogen and oxygen atoms in total. The first kappa shape index (κ1) is 12.2. The molecule has 2 unspecified atom stereocenters. The molecule has 0 spiro atoms. The molecule has 2 atom stereocenters. The molecular weight excluding hydrogens is 240 g/mol. The van der Waals surface area contributed by atoms with Crippen molar-refractivity contribution in [2.45, 2.75) is 25.7 Å². The summed E-state index contributed by atoms with van der Waals surface area (Å²) in [4.78, 5) is 25.0. The monoisotopic (exact) mass is 258 g/mol. The second-order valence-electron chi connectivity index (χ2n) is 5.44. The molecule has 1 N–H and O–H groups in total. The second-order valence-corrected chi connectivity index (χ2v) is 5.44. The smallest absolute Gasteiger partial charge is 0.232 e. The van der Waals surface area contributed by atoms with Crippen LogP contribution < -0.4 is 5.32 Å². The van der Waals surface area contributed by atoms with Crippen LogP contribution in [0.25, 0.3) is 0 Å². The van der Waals surface area contributed by atoms with E-state index < -0.39 is 0 Å². The van der Waals surface area contributed by atoms with Crippen LogP contribution in [0.5, 0.6) is 0 Å². The largest absolute Gasteiger partial charge is 0.384 e. The summed E-state index contributed by atoms with van der Waals surface area (Å²) in [5, 5.41) is 3.37. The number of benzene rings is 1. The van der Waals surface area contributed by atoms with E-state index in [-0.39, 0.29) is 17.7 Å². The maximum absolute atomic E-state index is 11.9. The van der Waals surface area contributed by atoms with E-state index in [9.17, 15) is 9.59 Å². The zero-order valence-corrected chi connectivity index (χ0v) is 11.1. The van der Waals surface area contributed by atoms with Crippen molar-refractivity contribution in [3.8, 4) is 0 Å². The number of nitrogens with one attached hydrogen (secondary N) is 1. The minimum atomic E-state index is -0.138. The molecule has 1 aromatic rings. The van der Waals surface area contributed by atoms with Crippen LogP contribution in [0.15, 0.2) is 24.3 Å². The Labute approximate surface area is 112 Å². The lowest BCUT2D eigenvalue weighted by atomic mass is 9.98. The van der Waals surface area contributed by atoms with Crippen LogP contribution in [0.2, 0.25) is 0 Å². The fourth-order valence-corrected chi connectivity index (χ4v) is 2.98. The number of hydrogen-bond acceptors (Lipinski definition) is 3. The van der Waals surface area contributed by atoms with Gasteiger partial charge in [-0.15, -0.1) is 0 Å². The molecule has 1 saturated heterocycles. The van der Waals surface area contributed by atoms with Crippen molar-refractivity contribution in [2.24, 2.45) is 5.92 Å². The molecule has 2 amide bonds. The highest BCUT2D eigenvalue weighted by molar-refractivity contribution is 6.03. The first-order chi connectivity index (χ1) is 9.16. The van der Waals surface area contributed by atoms with Crippen LogP contribution in [-0.4, -0.2) is 29.8 Å². The Hall–Kier alpha value is -1.84. The van der Waals surface area contributed by atoms with Gasteiger partial charge in [0.25, 0.3) is 0 Å². The van der Waals surface area contributed by atoms with Crippen LogP contribution in [0, 0.1) is 5.92 Å². The third-order valence-electron chi connectivity index (χ3n) is 4.11. The highest BCUT2D eigenvalue weighted by atomic mass is 16.2. The number of likely N-dealkylation sites (tertiary alicyclic amines) is 1. The van der Waals surface area contributed by atoms with Gasteiger partial charge < -0.3 is 5.32 Å². The van der Waals surface area contributed by atoms with Crippen molar-refractivity contribution < 1.29 is 9.59 Å². The highest BCUT2D eigenvalue weighted by Crippen LogP contribution is 2.33. The first-order valence-corrected chi connectivity index (χ1v) is 6.84. The Balaban J connectivity index is 1.65. The zero-order chi connectivity index (χ0) is 13.4. The van der Waals surface area contributed by atoms with Gasteiger partial charge in [0.05, 0.1) is 0 Å². The van der Waals surface area contributed by atoms with E-state index in [0.717, 1.165) is 13.0 Å². The summed E-state index contributed by atoms with van der Waals surface area (Å²) in [6.45, 7) is 3.26. The van der Waals surface area contributed by atoms with E-state index in [2.05, 4.69) is 17.4 Å². The molecule has 1 fully saturated rings. The highest BCUT2D eigenvalue weighted by Gasteiger charge is 2.35. The van der Waals surface area contributed by atoms with Crippen LogP contribution in [0.1, 0.15) is 31.2 Å². The molecule has 0 aliphatic carbocycles. The van der Waals surface area contributed by atoms with Gasteiger partial charge in [-0.3, -0.25) is 14.5 Å². The van der Waals surface area contributed by atoms with Gasteiger partial charge >= 0.3 is 0 Å². The third kappa shape index (κ3) is 2.11. The quantitative estimate of drug-likeness (QED) is 0.843. The van der Waals surface area contributed by atoms with Gasteiger partial charge in [-0.1, -0.05) is 25.1 Å². The van der Waals surface area contributed by atoms with Gasteiger partial charge in [0.15, 0.2) is 0 Å². The molecule has 0 bridgehead atoms. The third-order valence-corrected chi connectivity index (χ3v) is 4.11. The number of para-hydroxylation sites is 1. The van der Waals surface area contributed by atoms with E-state index in [1.807, 2.05) is 19.1 Å². The predicted octanol–water partition coefficient (Wildman–Crippen LogP) is 1.98. The van der Waals surface area contributed by atoms with Gasteiger partial charge in [-0.05, 0) is 18.1 Å². The van der Waals surface area contributed by atoms with Crippen molar-refractivity contribution in [3.63, 3.8) is 0 Å². The first-order valence-electron chi connectivity index (χ1n) is 6.84. The molecule has 1 aromatic carbocycles. The molecule has 0 saturated carbocycles.